The van der Waals surface area contributed by atoms with Crippen molar-refractivity contribution in [3.05, 3.63) is 29.6 Å². The van der Waals surface area contributed by atoms with E-state index in [2.05, 4.69) is 20.8 Å². The summed E-state index contributed by atoms with van der Waals surface area (Å²) in [5.41, 5.74) is 3.24. The molecule has 2 heterocycles. The number of rotatable bonds is 3. The number of anilines is 1. The van der Waals surface area contributed by atoms with Gasteiger partial charge in [-0.15, -0.1) is 0 Å². The Labute approximate surface area is 116 Å². The fourth-order valence-electron chi connectivity index (χ4n) is 2.28. The van der Waals surface area contributed by atoms with E-state index in [4.69, 9.17) is 4.52 Å². The summed E-state index contributed by atoms with van der Waals surface area (Å²) < 4.78 is 5.17. The van der Waals surface area contributed by atoms with Crippen LogP contribution in [0.15, 0.2) is 22.7 Å². The number of hydrogen-bond donors (Lipinski definition) is 2. The topological polar surface area (TPSA) is 80.0 Å². The average molecular weight is 272 g/mol. The number of nitrogens with one attached hydrogen (secondary N) is 2. The third-order valence-electron chi connectivity index (χ3n) is 3.26. The summed E-state index contributed by atoms with van der Waals surface area (Å²) in [4.78, 5) is 15.8. The molecule has 6 nitrogen and oxygen atoms in total. The lowest BCUT2D eigenvalue weighted by atomic mass is 10.0. The highest BCUT2D eigenvalue weighted by atomic mass is 16.5. The van der Waals surface area contributed by atoms with E-state index < -0.39 is 0 Å². The smallest absolute Gasteiger partial charge is 0.292 e. The van der Waals surface area contributed by atoms with Crippen LogP contribution in [0.2, 0.25) is 0 Å². The van der Waals surface area contributed by atoms with Crippen molar-refractivity contribution in [1.29, 1.82) is 0 Å². The number of nitrogens with zero attached hydrogens (tertiary/aromatic N) is 2. The first kappa shape index (κ1) is 12.7. The van der Waals surface area contributed by atoms with Crippen molar-refractivity contribution in [1.82, 2.24) is 15.5 Å². The maximum atomic E-state index is 11.6. The summed E-state index contributed by atoms with van der Waals surface area (Å²) in [6.45, 7) is 3.39. The molecular formula is C14H16N4O2. The minimum absolute atomic E-state index is 0.0673. The highest BCUT2D eigenvalue weighted by molar-refractivity contribution is 5.90. The molecular weight excluding hydrogens is 256 g/mol. The van der Waals surface area contributed by atoms with E-state index in [9.17, 15) is 4.79 Å². The average Bonchev–Trinajstić information content (AvgIpc) is 2.97. The van der Waals surface area contributed by atoms with Crippen LogP contribution >= 0.6 is 0 Å². The summed E-state index contributed by atoms with van der Waals surface area (Å²) in [7, 11) is 0. The van der Waals surface area contributed by atoms with Crippen LogP contribution in [0, 0.1) is 0 Å². The Hall–Kier alpha value is -2.37. The molecule has 20 heavy (non-hydrogen) atoms. The zero-order valence-corrected chi connectivity index (χ0v) is 11.3. The van der Waals surface area contributed by atoms with Crippen molar-refractivity contribution in [3.63, 3.8) is 0 Å². The van der Waals surface area contributed by atoms with Gasteiger partial charge >= 0.3 is 0 Å². The van der Waals surface area contributed by atoms with Crippen LogP contribution in [-0.2, 0) is 6.42 Å². The Kier molecular flexibility index (Phi) is 3.37. The number of amides is 1. The molecule has 0 saturated heterocycles. The Bertz CT molecular complexity index is 636. The molecule has 0 unspecified atom stereocenters. The third-order valence-corrected chi connectivity index (χ3v) is 3.26. The molecule has 2 aromatic rings. The monoisotopic (exact) mass is 272 g/mol. The first-order valence-corrected chi connectivity index (χ1v) is 6.77. The zero-order chi connectivity index (χ0) is 13.9. The minimum Gasteiger partial charge on any atom is -0.385 e. The SMILES string of the molecule is CCNC(=O)c1noc(-c2ccc3c(c2)CCCN3)n1. The summed E-state index contributed by atoms with van der Waals surface area (Å²) in [5, 5.41) is 9.70. The zero-order valence-electron chi connectivity index (χ0n) is 11.3. The van der Waals surface area contributed by atoms with Crippen LogP contribution in [0.4, 0.5) is 5.69 Å². The number of carbonyl (C=O) groups is 1. The lowest BCUT2D eigenvalue weighted by molar-refractivity contribution is 0.0942. The predicted molar refractivity (Wildman–Crippen MR) is 74.6 cm³/mol. The molecule has 0 atom stereocenters. The molecule has 0 aliphatic carbocycles. The number of benzene rings is 1. The summed E-state index contributed by atoms with van der Waals surface area (Å²) in [5.74, 6) is 0.124. The van der Waals surface area contributed by atoms with Crippen LogP contribution in [0.3, 0.4) is 0 Å². The summed E-state index contributed by atoms with van der Waals surface area (Å²) in [6.07, 6.45) is 2.15. The molecule has 1 aromatic heterocycles. The number of aromatic nitrogens is 2. The first-order valence-electron chi connectivity index (χ1n) is 6.77. The lowest BCUT2D eigenvalue weighted by Gasteiger charge is -2.17. The summed E-state index contributed by atoms with van der Waals surface area (Å²) in [6, 6.07) is 5.97. The largest absolute Gasteiger partial charge is 0.385 e. The number of carbonyl (C=O) groups excluding carboxylic acids is 1. The van der Waals surface area contributed by atoms with Gasteiger partial charge in [-0.1, -0.05) is 5.16 Å². The molecule has 0 spiro atoms. The van der Waals surface area contributed by atoms with Crippen LogP contribution in [-0.4, -0.2) is 29.1 Å². The third kappa shape index (κ3) is 2.36. The standard InChI is InChI=1S/C14H16N4O2/c1-2-15-13(19)12-17-14(20-18-12)10-5-6-11-9(8-10)4-3-7-16-11/h5-6,8,16H,2-4,7H2,1H3,(H,15,19). The second kappa shape index (κ2) is 5.32. The quantitative estimate of drug-likeness (QED) is 0.891. The van der Waals surface area contributed by atoms with E-state index in [1.165, 1.54) is 5.56 Å². The fraction of sp³-hybridized carbons (Fsp3) is 0.357. The maximum absolute atomic E-state index is 11.6. The summed E-state index contributed by atoms with van der Waals surface area (Å²) >= 11 is 0. The Morgan fingerprint density at radius 3 is 3.25 bits per heavy atom. The molecule has 3 rings (SSSR count). The van der Waals surface area contributed by atoms with E-state index in [-0.39, 0.29) is 11.7 Å². The Balaban J connectivity index is 1.87. The molecule has 2 N–H and O–H groups in total. The minimum atomic E-state index is -0.317. The van der Waals surface area contributed by atoms with E-state index in [0.29, 0.717) is 12.4 Å². The molecule has 6 heteroatoms. The van der Waals surface area contributed by atoms with Gasteiger partial charge in [0.15, 0.2) is 0 Å². The van der Waals surface area contributed by atoms with E-state index >= 15 is 0 Å². The fourth-order valence-corrected chi connectivity index (χ4v) is 2.28. The van der Waals surface area contributed by atoms with Crippen molar-refractivity contribution in [3.8, 4) is 11.5 Å². The Morgan fingerprint density at radius 2 is 2.40 bits per heavy atom. The molecule has 1 aromatic carbocycles. The molecule has 1 aliphatic heterocycles. The molecule has 1 amide bonds. The van der Waals surface area contributed by atoms with Crippen LogP contribution in [0.1, 0.15) is 29.5 Å². The molecule has 0 bridgehead atoms. The first-order chi connectivity index (χ1) is 9.78. The van der Waals surface area contributed by atoms with Gasteiger partial charge in [-0.3, -0.25) is 4.79 Å². The van der Waals surface area contributed by atoms with Gasteiger partial charge in [-0.05, 0) is 43.5 Å². The lowest BCUT2D eigenvalue weighted by Crippen LogP contribution is -2.23. The second-order valence-electron chi connectivity index (χ2n) is 4.68. The van der Waals surface area contributed by atoms with Gasteiger partial charge in [-0.25, -0.2) is 0 Å². The highest BCUT2D eigenvalue weighted by Crippen LogP contribution is 2.27. The van der Waals surface area contributed by atoms with Crippen molar-refractivity contribution >= 4 is 11.6 Å². The molecule has 0 fully saturated rings. The van der Waals surface area contributed by atoms with E-state index in [1.807, 2.05) is 25.1 Å². The maximum Gasteiger partial charge on any atom is 0.292 e. The van der Waals surface area contributed by atoms with Gasteiger partial charge < -0.3 is 15.2 Å². The van der Waals surface area contributed by atoms with Crippen molar-refractivity contribution in [2.24, 2.45) is 0 Å². The molecule has 0 radical (unpaired) electrons. The van der Waals surface area contributed by atoms with Gasteiger partial charge in [0.05, 0.1) is 0 Å². The van der Waals surface area contributed by atoms with Gasteiger partial charge in [0.25, 0.3) is 17.6 Å². The molecule has 104 valence electrons. The van der Waals surface area contributed by atoms with E-state index in [1.54, 1.807) is 0 Å². The van der Waals surface area contributed by atoms with Gasteiger partial charge in [0.2, 0.25) is 0 Å². The molecule has 1 aliphatic rings. The van der Waals surface area contributed by atoms with Crippen LogP contribution in [0.5, 0.6) is 0 Å². The Morgan fingerprint density at radius 1 is 1.50 bits per heavy atom. The van der Waals surface area contributed by atoms with Gasteiger partial charge in [-0.2, -0.15) is 4.98 Å². The molecule has 0 saturated carbocycles. The number of fused-ring (bicyclic) bond motifs is 1. The highest BCUT2D eigenvalue weighted by Gasteiger charge is 2.16. The van der Waals surface area contributed by atoms with Gasteiger partial charge in [0.1, 0.15) is 0 Å². The normalized spacial score (nSPS) is 13.4. The van der Waals surface area contributed by atoms with E-state index in [0.717, 1.165) is 30.6 Å². The second-order valence-corrected chi connectivity index (χ2v) is 4.68. The van der Waals surface area contributed by atoms with Crippen molar-refractivity contribution < 1.29 is 9.32 Å². The number of aryl methyl sites for hydroxylation is 1. The number of hydrogen-bond acceptors (Lipinski definition) is 5. The van der Waals surface area contributed by atoms with Crippen LogP contribution in [0.25, 0.3) is 11.5 Å². The van der Waals surface area contributed by atoms with Crippen LogP contribution < -0.4 is 10.6 Å². The predicted octanol–water partition coefficient (Wildman–Crippen LogP) is 1.84. The van der Waals surface area contributed by atoms with Crippen molar-refractivity contribution in [2.75, 3.05) is 18.4 Å². The van der Waals surface area contributed by atoms with Crippen molar-refractivity contribution in [2.45, 2.75) is 19.8 Å². The van der Waals surface area contributed by atoms with Gasteiger partial charge in [0, 0.05) is 24.3 Å².